The summed E-state index contributed by atoms with van der Waals surface area (Å²) in [6.07, 6.45) is 0.833. The second kappa shape index (κ2) is 12.4. The van der Waals surface area contributed by atoms with Gasteiger partial charge in [0.25, 0.3) is 5.91 Å². The van der Waals surface area contributed by atoms with Crippen molar-refractivity contribution in [2.24, 2.45) is 5.92 Å². The van der Waals surface area contributed by atoms with Crippen LogP contribution in [0.25, 0.3) is 11.0 Å². The van der Waals surface area contributed by atoms with Gasteiger partial charge in [0.1, 0.15) is 4.88 Å². The van der Waals surface area contributed by atoms with E-state index in [1.54, 1.807) is 43.3 Å². The Labute approximate surface area is 257 Å². The fourth-order valence-corrected chi connectivity index (χ4v) is 5.95. The molecule has 1 unspecified atom stereocenters. The molecular weight excluding hydrogens is 588 g/mol. The molecule has 11 nitrogen and oxygen atoms in total. The van der Waals surface area contributed by atoms with Crippen molar-refractivity contribution in [2.45, 2.75) is 33.2 Å². The lowest BCUT2D eigenvalue weighted by molar-refractivity contribution is -0.117. The maximum Gasteiger partial charge on any atom is 0.350 e. The van der Waals surface area contributed by atoms with Crippen molar-refractivity contribution in [3.8, 4) is 17.2 Å². The zero-order chi connectivity index (χ0) is 31.7. The third-order valence-electron chi connectivity index (χ3n) is 7.22. The van der Waals surface area contributed by atoms with Gasteiger partial charge in [0.15, 0.2) is 39.5 Å². The number of Topliss-reactive ketones (excluding diaryl/α,β-unsaturated/α-hetero) is 1. The van der Waals surface area contributed by atoms with Gasteiger partial charge in [-0.3, -0.25) is 14.5 Å². The van der Waals surface area contributed by atoms with E-state index in [9.17, 15) is 19.5 Å². The molecule has 1 amide bonds. The number of thiazole rings is 1. The van der Waals surface area contributed by atoms with Gasteiger partial charge in [0.2, 0.25) is 5.78 Å². The number of esters is 1. The average molecular weight is 621 g/mol. The van der Waals surface area contributed by atoms with Gasteiger partial charge in [-0.1, -0.05) is 43.4 Å². The molecule has 4 aromatic rings. The number of carbonyl (C=O) groups is 3. The Morgan fingerprint density at radius 3 is 2.50 bits per heavy atom. The summed E-state index contributed by atoms with van der Waals surface area (Å²) >= 11 is 0.913. The normalized spacial score (nSPS) is 14.9. The summed E-state index contributed by atoms with van der Waals surface area (Å²) in [5, 5.41) is 11.9. The number of para-hydroxylation sites is 1. The molecule has 3 heterocycles. The number of hydrogen-bond acceptors (Lipinski definition) is 11. The van der Waals surface area contributed by atoms with Crippen LogP contribution in [0.2, 0.25) is 0 Å². The van der Waals surface area contributed by atoms with E-state index in [2.05, 4.69) is 18.8 Å². The molecule has 1 aliphatic rings. The molecule has 0 saturated carbocycles. The molecule has 0 bridgehead atoms. The van der Waals surface area contributed by atoms with Crippen LogP contribution in [0.4, 0.5) is 5.13 Å². The quantitative estimate of drug-likeness (QED) is 0.152. The summed E-state index contributed by atoms with van der Waals surface area (Å²) in [6, 6.07) is 10.6. The third-order valence-corrected chi connectivity index (χ3v) is 8.36. The molecule has 0 spiro atoms. The zero-order valence-corrected chi connectivity index (χ0v) is 25.9. The van der Waals surface area contributed by atoms with Gasteiger partial charge in [0, 0.05) is 5.39 Å². The molecule has 0 radical (unpaired) electrons. The van der Waals surface area contributed by atoms with Crippen molar-refractivity contribution in [1.29, 1.82) is 0 Å². The van der Waals surface area contributed by atoms with Crippen molar-refractivity contribution >= 4 is 45.1 Å². The zero-order valence-electron chi connectivity index (χ0n) is 25.1. The molecule has 1 N–H and O–H groups in total. The van der Waals surface area contributed by atoms with Gasteiger partial charge >= 0.3 is 5.97 Å². The highest BCUT2D eigenvalue weighted by Crippen LogP contribution is 2.46. The number of rotatable bonds is 11. The number of amides is 1. The summed E-state index contributed by atoms with van der Waals surface area (Å²) in [4.78, 5) is 46.0. The average Bonchev–Trinajstić information content (AvgIpc) is 3.70. The van der Waals surface area contributed by atoms with E-state index in [-0.39, 0.29) is 21.3 Å². The Balaban J connectivity index is 1.64. The number of aliphatic hydroxyl groups is 1. The van der Waals surface area contributed by atoms with Gasteiger partial charge < -0.3 is 28.5 Å². The molecular formula is C32H32N2O9S. The van der Waals surface area contributed by atoms with E-state index in [4.69, 9.17) is 23.4 Å². The Hall–Kier alpha value is -4.84. The lowest BCUT2D eigenvalue weighted by Gasteiger charge is -2.25. The monoisotopic (exact) mass is 620 g/mol. The molecule has 1 aliphatic heterocycles. The largest absolute Gasteiger partial charge is 0.503 e. The molecule has 230 valence electrons. The van der Waals surface area contributed by atoms with Crippen LogP contribution in [-0.4, -0.2) is 55.7 Å². The topological polar surface area (TPSA) is 138 Å². The lowest BCUT2D eigenvalue weighted by Crippen LogP contribution is -2.31. The molecule has 0 aliphatic carbocycles. The molecule has 0 fully saturated rings. The highest BCUT2D eigenvalue weighted by atomic mass is 32.1. The number of fused-ring (bicyclic) bond motifs is 1. The number of ether oxygens (including phenoxy) is 4. The first kappa shape index (κ1) is 30.6. The number of aromatic nitrogens is 1. The van der Waals surface area contributed by atoms with E-state index < -0.39 is 29.5 Å². The van der Waals surface area contributed by atoms with Gasteiger partial charge in [-0.2, -0.15) is 0 Å². The predicted octanol–water partition coefficient (Wildman–Crippen LogP) is 6.21. The van der Waals surface area contributed by atoms with Crippen LogP contribution in [0.1, 0.15) is 57.8 Å². The van der Waals surface area contributed by atoms with Crippen LogP contribution < -0.4 is 19.1 Å². The lowest BCUT2D eigenvalue weighted by atomic mass is 9.95. The minimum absolute atomic E-state index is 0.0924. The molecule has 1 atom stereocenters. The molecule has 5 rings (SSSR count). The van der Waals surface area contributed by atoms with Crippen LogP contribution in [0.15, 0.2) is 58.2 Å². The number of ketones is 1. The van der Waals surface area contributed by atoms with E-state index in [0.29, 0.717) is 52.0 Å². The number of carbonyl (C=O) groups excluding carboxylic acids is 3. The minimum Gasteiger partial charge on any atom is -0.503 e. The first-order valence-electron chi connectivity index (χ1n) is 13.8. The maximum atomic E-state index is 14.1. The van der Waals surface area contributed by atoms with Crippen LogP contribution >= 0.6 is 11.3 Å². The first-order valence-corrected chi connectivity index (χ1v) is 14.7. The van der Waals surface area contributed by atoms with Crippen LogP contribution in [0.3, 0.4) is 0 Å². The standard InChI is InChI=1S/C32H32N2O9S/c1-16(2)12-13-42-20-11-10-18(14-22(20)40-5)25-24(26(35)23-15-19-8-7-9-21(39-4)28(19)43-23)27(36)30(37)34(25)32-33-17(3)29(44-32)31(38)41-6/h7-11,14-16,25,36H,12-13H2,1-6H3. The van der Waals surface area contributed by atoms with Crippen molar-refractivity contribution in [3.05, 3.63) is 75.7 Å². The number of methoxy groups -OCH3 is 3. The van der Waals surface area contributed by atoms with E-state index >= 15 is 0 Å². The molecule has 2 aromatic carbocycles. The SMILES string of the molecule is COC(=O)c1sc(N2C(=O)C(O)=C(C(=O)c3cc4cccc(OC)c4o3)C2c2ccc(OCCC(C)C)c(OC)c2)nc1C. The van der Waals surface area contributed by atoms with E-state index in [0.717, 1.165) is 17.8 Å². The number of anilines is 1. The van der Waals surface area contributed by atoms with Gasteiger partial charge in [-0.25, -0.2) is 9.78 Å². The smallest absolute Gasteiger partial charge is 0.350 e. The predicted molar refractivity (Wildman–Crippen MR) is 163 cm³/mol. The highest BCUT2D eigenvalue weighted by Gasteiger charge is 2.47. The number of aliphatic hydroxyl groups excluding tert-OH is 1. The van der Waals surface area contributed by atoms with E-state index in [1.807, 2.05) is 0 Å². The summed E-state index contributed by atoms with van der Waals surface area (Å²) in [7, 11) is 4.22. The summed E-state index contributed by atoms with van der Waals surface area (Å²) < 4.78 is 27.7. The number of aryl methyl sites for hydroxylation is 1. The van der Waals surface area contributed by atoms with Crippen LogP contribution in [0.5, 0.6) is 17.2 Å². The number of benzene rings is 2. The Bertz CT molecular complexity index is 1790. The number of hydrogen-bond donors (Lipinski definition) is 1. The van der Waals surface area contributed by atoms with Gasteiger partial charge in [0.05, 0.1) is 45.2 Å². The molecule has 2 aromatic heterocycles. The Kier molecular flexibility index (Phi) is 8.63. The van der Waals surface area contributed by atoms with Crippen LogP contribution in [0, 0.1) is 12.8 Å². The number of nitrogens with zero attached hydrogens (tertiary/aromatic N) is 2. The molecule has 0 saturated heterocycles. The minimum atomic E-state index is -1.15. The first-order chi connectivity index (χ1) is 21.1. The summed E-state index contributed by atoms with van der Waals surface area (Å²) in [6.45, 7) is 6.26. The van der Waals surface area contributed by atoms with Gasteiger partial charge in [-0.05, 0) is 49.1 Å². The van der Waals surface area contributed by atoms with Crippen molar-refractivity contribution in [3.63, 3.8) is 0 Å². The van der Waals surface area contributed by atoms with Crippen molar-refractivity contribution in [1.82, 2.24) is 4.98 Å². The van der Waals surface area contributed by atoms with Crippen molar-refractivity contribution in [2.75, 3.05) is 32.8 Å². The Morgan fingerprint density at radius 1 is 1.07 bits per heavy atom. The highest BCUT2D eigenvalue weighted by molar-refractivity contribution is 7.17. The molecule has 44 heavy (non-hydrogen) atoms. The van der Waals surface area contributed by atoms with Crippen molar-refractivity contribution < 1.29 is 42.9 Å². The third kappa shape index (κ3) is 5.48. The Morgan fingerprint density at radius 2 is 1.82 bits per heavy atom. The summed E-state index contributed by atoms with van der Waals surface area (Å²) in [5.41, 5.74) is 0.883. The number of furan rings is 1. The fraction of sp³-hybridized carbons (Fsp3) is 0.312. The maximum absolute atomic E-state index is 14.1. The second-order valence-electron chi connectivity index (χ2n) is 10.5. The molecule has 12 heteroatoms. The second-order valence-corrected chi connectivity index (χ2v) is 11.5. The summed E-state index contributed by atoms with van der Waals surface area (Å²) in [5.74, 6) is -1.35. The van der Waals surface area contributed by atoms with Crippen LogP contribution in [-0.2, 0) is 9.53 Å². The van der Waals surface area contributed by atoms with E-state index in [1.165, 1.54) is 32.3 Å². The van der Waals surface area contributed by atoms with Gasteiger partial charge in [-0.15, -0.1) is 0 Å². The fourth-order valence-electron chi connectivity index (χ4n) is 4.94.